The summed E-state index contributed by atoms with van der Waals surface area (Å²) in [5, 5.41) is 4.33. The predicted octanol–water partition coefficient (Wildman–Crippen LogP) is 11.8. The minimum atomic E-state index is 0.870. The maximum Gasteiger partial charge on any atom is 0.145 e. The van der Waals surface area contributed by atoms with Gasteiger partial charge < -0.3 is 8.83 Å². The summed E-state index contributed by atoms with van der Waals surface area (Å²) in [6.07, 6.45) is 0. The third kappa shape index (κ3) is 4.12. The Morgan fingerprint density at radius 1 is 0.383 bits per heavy atom. The zero-order chi connectivity index (χ0) is 30.9. The van der Waals surface area contributed by atoms with Crippen LogP contribution < -0.4 is 0 Å². The number of aromatic nitrogens is 2. The van der Waals surface area contributed by atoms with Crippen molar-refractivity contribution in [2.45, 2.75) is 0 Å². The molecule has 0 aliphatic heterocycles. The van der Waals surface area contributed by atoms with Crippen LogP contribution in [-0.2, 0) is 0 Å². The Hall–Kier alpha value is -6.39. The van der Waals surface area contributed by atoms with E-state index >= 15 is 0 Å². The number of hydrogen-bond acceptors (Lipinski definition) is 3. The van der Waals surface area contributed by atoms with Crippen LogP contribution in [0, 0.1) is 0 Å². The lowest BCUT2D eigenvalue weighted by Crippen LogP contribution is -1.97. The molecule has 0 saturated carbocycles. The van der Waals surface area contributed by atoms with E-state index in [9.17, 15) is 0 Å². The van der Waals surface area contributed by atoms with Crippen LogP contribution in [-0.4, -0.2) is 9.55 Å². The largest absolute Gasteiger partial charge is 0.456 e. The van der Waals surface area contributed by atoms with Gasteiger partial charge in [-0.15, -0.1) is 0 Å². The molecule has 4 nitrogen and oxygen atoms in total. The zero-order valence-corrected chi connectivity index (χ0v) is 25.2. The quantitative estimate of drug-likeness (QED) is 0.201. The molecule has 10 rings (SSSR count). The van der Waals surface area contributed by atoms with E-state index in [1.807, 2.05) is 30.3 Å². The molecule has 3 aromatic heterocycles. The van der Waals surface area contributed by atoms with Crippen LogP contribution in [0.5, 0.6) is 0 Å². The third-order valence-electron chi connectivity index (χ3n) is 9.24. The fraction of sp³-hybridized carbons (Fsp3) is 0. The number of imidazole rings is 1. The molecular formula is C43H26N2O2. The van der Waals surface area contributed by atoms with E-state index in [2.05, 4.69) is 132 Å². The number of rotatable bonds is 4. The standard InChI is InChI=1S/C43H26N2O2/c1-2-8-30(9-3-1)43-44-37-11-5-6-12-38(37)45(43)32-21-18-28(19-22-32)27-14-16-29(17-15-27)31-20-23-40-34(24-31)36-26-41-35(25-42(36)47-40)33-10-4-7-13-39(33)46-41/h1-26H. The Morgan fingerprint density at radius 3 is 1.70 bits per heavy atom. The van der Waals surface area contributed by atoms with Crippen LogP contribution in [0.3, 0.4) is 0 Å². The second kappa shape index (κ2) is 10.1. The van der Waals surface area contributed by atoms with Crippen LogP contribution >= 0.6 is 0 Å². The van der Waals surface area contributed by atoms with E-state index in [0.717, 1.165) is 88.7 Å². The van der Waals surface area contributed by atoms with E-state index in [4.69, 9.17) is 13.8 Å². The van der Waals surface area contributed by atoms with Gasteiger partial charge in [0.15, 0.2) is 0 Å². The van der Waals surface area contributed by atoms with Crippen molar-refractivity contribution >= 4 is 54.9 Å². The van der Waals surface area contributed by atoms with Gasteiger partial charge in [-0.3, -0.25) is 4.57 Å². The molecule has 0 N–H and O–H groups in total. The van der Waals surface area contributed by atoms with Crippen molar-refractivity contribution in [1.82, 2.24) is 9.55 Å². The lowest BCUT2D eigenvalue weighted by atomic mass is 9.99. The average molecular weight is 603 g/mol. The molecule has 47 heavy (non-hydrogen) atoms. The monoisotopic (exact) mass is 602 g/mol. The fourth-order valence-electron chi connectivity index (χ4n) is 6.90. The fourth-order valence-corrected chi connectivity index (χ4v) is 6.90. The van der Waals surface area contributed by atoms with Gasteiger partial charge in [0.1, 0.15) is 28.2 Å². The smallest absolute Gasteiger partial charge is 0.145 e. The first-order valence-corrected chi connectivity index (χ1v) is 15.8. The molecular weight excluding hydrogens is 576 g/mol. The van der Waals surface area contributed by atoms with E-state index in [0.29, 0.717) is 0 Å². The summed E-state index contributed by atoms with van der Waals surface area (Å²) in [5.41, 5.74) is 12.4. The molecule has 0 bridgehead atoms. The summed E-state index contributed by atoms with van der Waals surface area (Å²) in [5.74, 6) is 0.938. The van der Waals surface area contributed by atoms with Crippen molar-refractivity contribution in [2.75, 3.05) is 0 Å². The minimum Gasteiger partial charge on any atom is -0.456 e. The lowest BCUT2D eigenvalue weighted by molar-refractivity contribution is 0.664. The molecule has 0 aliphatic carbocycles. The van der Waals surface area contributed by atoms with Gasteiger partial charge in [-0.25, -0.2) is 4.98 Å². The van der Waals surface area contributed by atoms with Crippen LogP contribution in [0.2, 0.25) is 0 Å². The Kier molecular flexibility index (Phi) is 5.54. The van der Waals surface area contributed by atoms with Gasteiger partial charge in [0, 0.05) is 32.8 Å². The van der Waals surface area contributed by atoms with Gasteiger partial charge in [0.05, 0.1) is 11.0 Å². The van der Waals surface area contributed by atoms with Crippen molar-refractivity contribution in [3.63, 3.8) is 0 Å². The molecule has 4 heteroatoms. The molecule has 0 spiro atoms. The third-order valence-corrected chi connectivity index (χ3v) is 9.24. The van der Waals surface area contributed by atoms with Gasteiger partial charge >= 0.3 is 0 Å². The Balaban J connectivity index is 0.988. The first-order valence-electron chi connectivity index (χ1n) is 15.8. The number of nitrogens with zero attached hydrogens (tertiary/aromatic N) is 2. The number of furan rings is 2. The summed E-state index contributed by atoms with van der Waals surface area (Å²) >= 11 is 0. The highest BCUT2D eigenvalue weighted by Gasteiger charge is 2.16. The highest BCUT2D eigenvalue weighted by molar-refractivity contribution is 6.15. The normalized spacial score (nSPS) is 11.8. The molecule has 220 valence electrons. The molecule has 0 aliphatic rings. The van der Waals surface area contributed by atoms with E-state index in [-0.39, 0.29) is 0 Å². The molecule has 10 aromatic rings. The highest BCUT2D eigenvalue weighted by Crippen LogP contribution is 2.38. The van der Waals surface area contributed by atoms with E-state index in [1.54, 1.807) is 0 Å². The number of fused-ring (bicyclic) bond motifs is 7. The molecule has 3 heterocycles. The van der Waals surface area contributed by atoms with Gasteiger partial charge in [0.25, 0.3) is 0 Å². The van der Waals surface area contributed by atoms with Crippen molar-refractivity contribution < 1.29 is 8.83 Å². The number of para-hydroxylation sites is 3. The Bertz CT molecular complexity index is 2770. The molecule has 0 saturated heterocycles. The van der Waals surface area contributed by atoms with Gasteiger partial charge in [-0.05, 0) is 76.9 Å². The number of hydrogen-bond donors (Lipinski definition) is 0. The van der Waals surface area contributed by atoms with Crippen LogP contribution in [0.25, 0.3) is 94.2 Å². The Labute approximate surface area is 269 Å². The summed E-state index contributed by atoms with van der Waals surface area (Å²) in [4.78, 5) is 4.99. The van der Waals surface area contributed by atoms with Crippen LogP contribution in [0.4, 0.5) is 0 Å². The second-order valence-electron chi connectivity index (χ2n) is 12.0. The van der Waals surface area contributed by atoms with Crippen molar-refractivity contribution in [1.29, 1.82) is 0 Å². The second-order valence-corrected chi connectivity index (χ2v) is 12.0. The van der Waals surface area contributed by atoms with Crippen LogP contribution in [0.15, 0.2) is 167 Å². The topological polar surface area (TPSA) is 44.1 Å². The summed E-state index contributed by atoms with van der Waals surface area (Å²) in [6, 6.07) is 55.0. The average Bonchev–Trinajstić information content (AvgIpc) is 3.82. The molecule has 0 radical (unpaired) electrons. The van der Waals surface area contributed by atoms with Crippen molar-refractivity contribution in [3.05, 3.63) is 158 Å². The van der Waals surface area contributed by atoms with E-state index < -0.39 is 0 Å². The molecule has 0 unspecified atom stereocenters. The molecule has 0 fully saturated rings. The summed E-state index contributed by atoms with van der Waals surface area (Å²) in [6.45, 7) is 0. The number of benzene rings is 7. The highest BCUT2D eigenvalue weighted by atomic mass is 16.3. The van der Waals surface area contributed by atoms with E-state index in [1.165, 1.54) is 5.56 Å². The van der Waals surface area contributed by atoms with Crippen molar-refractivity contribution in [2.24, 2.45) is 0 Å². The van der Waals surface area contributed by atoms with Crippen molar-refractivity contribution in [3.8, 4) is 39.3 Å². The van der Waals surface area contributed by atoms with Gasteiger partial charge in [0.2, 0.25) is 0 Å². The van der Waals surface area contributed by atoms with Crippen LogP contribution in [0.1, 0.15) is 0 Å². The summed E-state index contributed by atoms with van der Waals surface area (Å²) in [7, 11) is 0. The maximum atomic E-state index is 6.29. The molecule has 0 amide bonds. The maximum absolute atomic E-state index is 6.29. The predicted molar refractivity (Wildman–Crippen MR) is 192 cm³/mol. The molecule has 7 aromatic carbocycles. The lowest BCUT2D eigenvalue weighted by Gasteiger charge is -2.11. The first kappa shape index (κ1) is 25.9. The molecule has 0 atom stereocenters. The first-order chi connectivity index (χ1) is 23.3. The van der Waals surface area contributed by atoms with Gasteiger partial charge in [-0.2, -0.15) is 0 Å². The minimum absolute atomic E-state index is 0.870. The summed E-state index contributed by atoms with van der Waals surface area (Å²) < 4.78 is 14.7. The SMILES string of the molecule is c1ccc(-c2nc3ccccc3n2-c2ccc(-c3ccc(-c4ccc5oc6cc7c(cc6c5c4)oc4ccccc47)cc3)cc2)cc1. The Morgan fingerprint density at radius 2 is 0.936 bits per heavy atom. The zero-order valence-electron chi connectivity index (χ0n) is 25.2. The van der Waals surface area contributed by atoms with Gasteiger partial charge in [-0.1, -0.05) is 103 Å².